The molecular formula is C14H16BrFO2. The molecule has 2 rings (SSSR count). The van der Waals surface area contributed by atoms with Gasteiger partial charge in [0.1, 0.15) is 11.9 Å². The number of hydrogen-bond donors (Lipinski definition) is 0. The fourth-order valence-corrected chi connectivity index (χ4v) is 2.93. The van der Waals surface area contributed by atoms with Gasteiger partial charge in [-0.05, 0) is 31.0 Å². The number of ketones is 1. The lowest BCUT2D eigenvalue weighted by atomic mass is 9.61. The van der Waals surface area contributed by atoms with Gasteiger partial charge in [-0.15, -0.1) is 0 Å². The quantitative estimate of drug-likeness (QED) is 0.835. The second kappa shape index (κ2) is 5.00. The van der Waals surface area contributed by atoms with Crippen LogP contribution in [0, 0.1) is 11.2 Å². The summed E-state index contributed by atoms with van der Waals surface area (Å²) in [6, 6.07) is 4.70. The van der Waals surface area contributed by atoms with Gasteiger partial charge in [-0.2, -0.15) is 0 Å². The summed E-state index contributed by atoms with van der Waals surface area (Å²) >= 11 is 3.20. The predicted octanol–water partition coefficient (Wildman–Crippen LogP) is 4.11. The number of carbonyl (C=O) groups excluding carboxylic acids is 1. The number of Topliss-reactive ketones (excluding diaryl/α,β-unsaturated/α-hetero) is 1. The van der Waals surface area contributed by atoms with Crippen molar-refractivity contribution in [1.82, 2.24) is 0 Å². The van der Waals surface area contributed by atoms with E-state index in [0.29, 0.717) is 10.9 Å². The van der Waals surface area contributed by atoms with Crippen molar-refractivity contribution in [1.29, 1.82) is 0 Å². The van der Waals surface area contributed by atoms with E-state index in [-0.39, 0.29) is 17.6 Å². The van der Waals surface area contributed by atoms with Crippen molar-refractivity contribution in [2.45, 2.75) is 39.2 Å². The minimum absolute atomic E-state index is 0.198. The third kappa shape index (κ3) is 2.07. The summed E-state index contributed by atoms with van der Waals surface area (Å²) in [6.45, 7) is 3.96. The average Bonchev–Trinajstić information content (AvgIpc) is 2.33. The molecule has 0 saturated heterocycles. The predicted molar refractivity (Wildman–Crippen MR) is 71.2 cm³/mol. The van der Waals surface area contributed by atoms with E-state index >= 15 is 0 Å². The molecule has 0 aromatic heterocycles. The maximum Gasteiger partial charge on any atom is 0.166 e. The molecule has 1 aliphatic carbocycles. The maximum atomic E-state index is 13.7. The molecule has 18 heavy (non-hydrogen) atoms. The molecule has 1 atom stereocenters. The maximum absolute atomic E-state index is 13.7. The van der Waals surface area contributed by atoms with E-state index in [0.717, 1.165) is 12.8 Å². The van der Waals surface area contributed by atoms with E-state index < -0.39 is 11.2 Å². The van der Waals surface area contributed by atoms with Gasteiger partial charge in [0.05, 0.1) is 5.41 Å². The molecule has 0 spiro atoms. The molecule has 0 aliphatic heterocycles. The molecule has 1 saturated carbocycles. The number of carbonyl (C=O) groups is 1. The molecule has 1 aliphatic rings. The molecule has 1 fully saturated rings. The first-order chi connectivity index (χ1) is 8.53. The highest BCUT2D eigenvalue weighted by atomic mass is 79.9. The van der Waals surface area contributed by atoms with Gasteiger partial charge in [0.2, 0.25) is 0 Å². The van der Waals surface area contributed by atoms with Crippen LogP contribution in [-0.2, 0) is 4.79 Å². The molecule has 0 bridgehead atoms. The van der Waals surface area contributed by atoms with E-state index in [4.69, 9.17) is 4.74 Å². The molecular weight excluding hydrogens is 299 g/mol. The average molecular weight is 315 g/mol. The Hall–Kier alpha value is -0.900. The van der Waals surface area contributed by atoms with Crippen LogP contribution in [0.15, 0.2) is 22.7 Å². The molecule has 0 heterocycles. The topological polar surface area (TPSA) is 26.3 Å². The van der Waals surface area contributed by atoms with Gasteiger partial charge >= 0.3 is 0 Å². The minimum Gasteiger partial charge on any atom is -0.486 e. The Labute approximate surface area is 115 Å². The van der Waals surface area contributed by atoms with Gasteiger partial charge in [0.15, 0.2) is 11.6 Å². The highest BCUT2D eigenvalue weighted by Gasteiger charge is 2.54. The van der Waals surface area contributed by atoms with Gasteiger partial charge in [-0.3, -0.25) is 4.79 Å². The van der Waals surface area contributed by atoms with Crippen LogP contribution in [0.25, 0.3) is 0 Å². The standard InChI is InChI=1S/C14H16BrFO2/c1-3-14(4-2)12(17)8-13(14)18-11-6-5-9(15)7-10(11)16/h5-7,13H,3-4,8H2,1-2H3. The summed E-state index contributed by atoms with van der Waals surface area (Å²) in [7, 11) is 0. The van der Waals surface area contributed by atoms with Crippen molar-refractivity contribution in [3.8, 4) is 5.75 Å². The monoisotopic (exact) mass is 314 g/mol. The fourth-order valence-electron chi connectivity index (χ4n) is 2.59. The number of halogens is 2. The minimum atomic E-state index is -0.417. The van der Waals surface area contributed by atoms with Crippen LogP contribution in [0.4, 0.5) is 4.39 Å². The SMILES string of the molecule is CCC1(CC)C(=O)CC1Oc1ccc(Br)cc1F. The lowest BCUT2D eigenvalue weighted by Crippen LogP contribution is -2.56. The second-order valence-electron chi connectivity index (χ2n) is 4.67. The summed E-state index contributed by atoms with van der Waals surface area (Å²) < 4.78 is 20.1. The summed E-state index contributed by atoms with van der Waals surface area (Å²) in [4.78, 5) is 11.8. The molecule has 1 unspecified atom stereocenters. The molecule has 0 N–H and O–H groups in total. The van der Waals surface area contributed by atoms with E-state index in [1.807, 2.05) is 13.8 Å². The van der Waals surface area contributed by atoms with Crippen LogP contribution in [-0.4, -0.2) is 11.9 Å². The zero-order valence-electron chi connectivity index (χ0n) is 10.5. The molecule has 0 amide bonds. The Morgan fingerprint density at radius 3 is 2.61 bits per heavy atom. The Kier molecular flexibility index (Phi) is 3.76. The summed E-state index contributed by atoms with van der Waals surface area (Å²) in [5.41, 5.74) is -0.417. The molecule has 1 aromatic rings. The number of hydrogen-bond acceptors (Lipinski definition) is 2. The summed E-state index contributed by atoms with van der Waals surface area (Å²) in [5, 5.41) is 0. The Morgan fingerprint density at radius 1 is 1.44 bits per heavy atom. The summed E-state index contributed by atoms with van der Waals surface area (Å²) in [5.74, 6) is 0.0572. The van der Waals surface area contributed by atoms with Crippen molar-refractivity contribution >= 4 is 21.7 Å². The molecule has 4 heteroatoms. The number of ether oxygens (including phenoxy) is 1. The van der Waals surface area contributed by atoms with Gasteiger partial charge in [0, 0.05) is 10.9 Å². The van der Waals surface area contributed by atoms with Gasteiger partial charge in [-0.25, -0.2) is 4.39 Å². The smallest absolute Gasteiger partial charge is 0.166 e. The third-order valence-corrected chi connectivity index (χ3v) is 4.46. The Balaban J connectivity index is 2.17. The Bertz CT molecular complexity index is 469. The highest BCUT2D eigenvalue weighted by Crippen LogP contribution is 2.46. The van der Waals surface area contributed by atoms with Crippen molar-refractivity contribution < 1.29 is 13.9 Å². The lowest BCUT2D eigenvalue weighted by Gasteiger charge is -2.46. The van der Waals surface area contributed by atoms with Crippen LogP contribution in [0.5, 0.6) is 5.75 Å². The first-order valence-corrected chi connectivity index (χ1v) is 6.97. The van der Waals surface area contributed by atoms with Crippen LogP contribution in [0.1, 0.15) is 33.1 Å². The zero-order chi connectivity index (χ0) is 13.3. The second-order valence-corrected chi connectivity index (χ2v) is 5.59. The van der Waals surface area contributed by atoms with Gasteiger partial charge in [-0.1, -0.05) is 29.8 Å². The fraction of sp³-hybridized carbons (Fsp3) is 0.500. The van der Waals surface area contributed by atoms with E-state index in [1.54, 1.807) is 12.1 Å². The largest absolute Gasteiger partial charge is 0.486 e. The molecule has 1 aromatic carbocycles. The summed E-state index contributed by atoms with van der Waals surface area (Å²) in [6.07, 6.45) is 1.67. The van der Waals surface area contributed by atoms with E-state index in [1.165, 1.54) is 6.07 Å². The molecule has 2 nitrogen and oxygen atoms in total. The first-order valence-electron chi connectivity index (χ1n) is 6.18. The van der Waals surface area contributed by atoms with Crippen molar-refractivity contribution in [2.75, 3.05) is 0 Å². The molecule has 0 radical (unpaired) electrons. The number of benzene rings is 1. The number of rotatable bonds is 4. The highest BCUT2D eigenvalue weighted by molar-refractivity contribution is 9.10. The normalized spacial score (nSPS) is 21.6. The van der Waals surface area contributed by atoms with Crippen molar-refractivity contribution in [3.05, 3.63) is 28.5 Å². The Morgan fingerprint density at radius 2 is 2.11 bits per heavy atom. The van der Waals surface area contributed by atoms with E-state index in [9.17, 15) is 9.18 Å². The van der Waals surface area contributed by atoms with Crippen LogP contribution in [0.2, 0.25) is 0 Å². The third-order valence-electron chi connectivity index (χ3n) is 3.97. The zero-order valence-corrected chi connectivity index (χ0v) is 12.1. The van der Waals surface area contributed by atoms with Gasteiger partial charge < -0.3 is 4.74 Å². The van der Waals surface area contributed by atoms with Gasteiger partial charge in [0.25, 0.3) is 0 Å². The molecule has 98 valence electrons. The van der Waals surface area contributed by atoms with Crippen LogP contribution in [0.3, 0.4) is 0 Å². The van der Waals surface area contributed by atoms with E-state index in [2.05, 4.69) is 15.9 Å². The first kappa shape index (κ1) is 13.5. The van der Waals surface area contributed by atoms with Crippen molar-refractivity contribution in [3.63, 3.8) is 0 Å². The van der Waals surface area contributed by atoms with Crippen LogP contribution < -0.4 is 4.74 Å². The lowest BCUT2D eigenvalue weighted by molar-refractivity contribution is -0.153. The van der Waals surface area contributed by atoms with Crippen LogP contribution >= 0.6 is 15.9 Å². The van der Waals surface area contributed by atoms with Crippen molar-refractivity contribution in [2.24, 2.45) is 5.41 Å².